The number of hydrogen-bond acceptors (Lipinski definition) is 11. The Morgan fingerprint density at radius 3 is 2.42 bits per heavy atom. The summed E-state index contributed by atoms with van der Waals surface area (Å²) in [6, 6.07) is 9.49. The molecule has 0 saturated carbocycles. The Bertz CT molecular complexity index is 1070. The fourth-order valence-electron chi connectivity index (χ4n) is 2.74. The minimum absolute atomic E-state index is 0.0408. The Balaban J connectivity index is 1.64. The van der Waals surface area contributed by atoms with E-state index in [1.807, 2.05) is 0 Å². The molecule has 1 aromatic carbocycles. The van der Waals surface area contributed by atoms with E-state index in [2.05, 4.69) is 26.0 Å². The van der Waals surface area contributed by atoms with Crippen LogP contribution in [0.4, 0.5) is 0 Å². The molecule has 33 heavy (non-hydrogen) atoms. The normalized spacial score (nSPS) is 12.4. The van der Waals surface area contributed by atoms with Crippen molar-refractivity contribution in [2.75, 3.05) is 19.0 Å². The summed E-state index contributed by atoms with van der Waals surface area (Å²) in [5.41, 5.74) is 6.50. The highest BCUT2D eigenvalue weighted by molar-refractivity contribution is 7.99. The molecule has 0 bridgehead atoms. The lowest BCUT2D eigenvalue weighted by Gasteiger charge is -2.27. The first kappa shape index (κ1) is 24.9. The smallest absolute Gasteiger partial charge is 0.353 e. The molecule has 0 saturated heterocycles. The minimum Gasteiger partial charge on any atom is -0.508 e. The first-order valence-electron chi connectivity index (χ1n) is 10.0. The topological polar surface area (TPSA) is 149 Å². The number of benzene rings is 1. The number of carbonyl (C=O) groups is 1. The molecule has 3 aromatic rings. The summed E-state index contributed by atoms with van der Waals surface area (Å²) in [4.78, 5) is 16.4. The van der Waals surface area contributed by atoms with Gasteiger partial charge < -0.3 is 18.6 Å². The molecular formula is C20H24N5O6PS. The van der Waals surface area contributed by atoms with Gasteiger partial charge in [0.15, 0.2) is 5.78 Å². The number of amides is 1. The highest BCUT2D eigenvalue weighted by Gasteiger charge is 2.37. The second-order valence-corrected chi connectivity index (χ2v) is 9.50. The number of nitrogens with zero attached hydrogens (tertiary/aromatic N) is 3. The van der Waals surface area contributed by atoms with Crippen LogP contribution in [0.3, 0.4) is 0 Å². The molecule has 13 heteroatoms. The van der Waals surface area contributed by atoms with Gasteiger partial charge in [0.25, 0.3) is 5.22 Å². The van der Waals surface area contributed by atoms with Gasteiger partial charge in [0.05, 0.1) is 19.0 Å². The van der Waals surface area contributed by atoms with E-state index in [1.54, 1.807) is 50.5 Å². The number of hydrogen-bond donors (Lipinski definition) is 3. The van der Waals surface area contributed by atoms with Crippen LogP contribution in [-0.2, 0) is 18.4 Å². The second kappa shape index (κ2) is 11.9. The Morgan fingerprint density at radius 1 is 1.12 bits per heavy atom. The van der Waals surface area contributed by atoms with Crippen LogP contribution in [0.1, 0.15) is 25.2 Å². The number of nitrogens with one attached hydrogen (secondary N) is 2. The monoisotopic (exact) mass is 493 g/mol. The highest BCUT2D eigenvalue weighted by Crippen LogP contribution is 2.59. The third kappa shape index (κ3) is 6.86. The quantitative estimate of drug-likeness (QED) is 0.193. The minimum atomic E-state index is -3.69. The lowest BCUT2D eigenvalue weighted by molar-refractivity contribution is -0.119. The van der Waals surface area contributed by atoms with E-state index in [1.165, 1.54) is 12.1 Å². The van der Waals surface area contributed by atoms with Gasteiger partial charge in [-0.15, -0.1) is 10.2 Å². The molecule has 1 amide bonds. The predicted octanol–water partition coefficient (Wildman–Crippen LogP) is 3.52. The van der Waals surface area contributed by atoms with Crippen molar-refractivity contribution in [3.05, 3.63) is 54.4 Å². The summed E-state index contributed by atoms with van der Waals surface area (Å²) in [6.45, 7) is 3.68. The Hall–Kier alpha value is -2.76. The molecule has 0 fully saturated rings. The first-order valence-corrected chi connectivity index (χ1v) is 12.6. The van der Waals surface area contributed by atoms with Crippen LogP contribution in [0.15, 0.2) is 58.4 Å². The Labute approximate surface area is 194 Å². The standard InChI is InChI=1S/C20H24N5O6PS/c1-3-29-32(28,30-4-2)19(15-5-7-16(26)8-6-15)24-22-17(27)13-33-20-25-23-18(31-20)14-9-11-21-12-10-14/h5-12,19,24,26H,3-4,13H2,1-2H3,(H,22,27). The molecule has 0 aliphatic rings. The average Bonchev–Trinajstić information content (AvgIpc) is 3.29. The average molecular weight is 493 g/mol. The van der Waals surface area contributed by atoms with Crippen molar-refractivity contribution in [3.8, 4) is 17.2 Å². The summed E-state index contributed by atoms with van der Waals surface area (Å²) in [5, 5.41) is 17.7. The van der Waals surface area contributed by atoms with Crippen LogP contribution >= 0.6 is 19.4 Å². The van der Waals surface area contributed by atoms with Gasteiger partial charge in [0.2, 0.25) is 11.8 Å². The molecule has 11 nitrogen and oxygen atoms in total. The molecule has 3 rings (SSSR count). The zero-order valence-electron chi connectivity index (χ0n) is 18.0. The molecule has 0 radical (unpaired) electrons. The third-order valence-corrected chi connectivity index (χ3v) is 7.27. The number of phenolic OH excluding ortho intramolecular Hbond substituents is 1. The van der Waals surface area contributed by atoms with Gasteiger partial charge in [0.1, 0.15) is 5.75 Å². The summed E-state index contributed by atoms with van der Waals surface area (Å²) in [5.74, 6) is -1.09. The van der Waals surface area contributed by atoms with Crippen LogP contribution in [0.2, 0.25) is 0 Å². The van der Waals surface area contributed by atoms with E-state index in [0.29, 0.717) is 11.5 Å². The van der Waals surface area contributed by atoms with Crippen molar-refractivity contribution in [3.63, 3.8) is 0 Å². The molecule has 176 valence electrons. The Kier molecular flexibility index (Phi) is 8.98. The molecule has 1 atom stereocenters. The van der Waals surface area contributed by atoms with Crippen LogP contribution in [-0.4, -0.2) is 45.2 Å². The number of thioether (sulfide) groups is 1. The number of pyridine rings is 1. The van der Waals surface area contributed by atoms with E-state index in [9.17, 15) is 14.5 Å². The Morgan fingerprint density at radius 2 is 1.79 bits per heavy atom. The molecule has 3 N–H and O–H groups in total. The van der Waals surface area contributed by atoms with Crippen molar-refractivity contribution in [2.24, 2.45) is 0 Å². The number of carbonyl (C=O) groups excluding carboxylic acids is 1. The molecule has 1 unspecified atom stereocenters. The van der Waals surface area contributed by atoms with Crippen LogP contribution in [0.25, 0.3) is 11.5 Å². The number of hydrazine groups is 1. The molecule has 0 spiro atoms. The maximum atomic E-state index is 13.4. The zero-order valence-corrected chi connectivity index (χ0v) is 19.7. The third-order valence-electron chi connectivity index (χ3n) is 4.15. The van der Waals surface area contributed by atoms with Gasteiger partial charge in [-0.25, -0.2) is 5.43 Å². The first-order chi connectivity index (χ1) is 15.9. The van der Waals surface area contributed by atoms with Crippen molar-refractivity contribution >= 4 is 25.3 Å². The highest BCUT2D eigenvalue weighted by atomic mass is 32.2. The van der Waals surface area contributed by atoms with Gasteiger partial charge in [-0.3, -0.25) is 19.8 Å². The SMILES string of the molecule is CCOP(=O)(OCC)C(NNC(=O)CSc1nnc(-c2ccncc2)o1)c1ccc(O)cc1. The maximum Gasteiger partial charge on any atom is 0.353 e. The van der Waals surface area contributed by atoms with E-state index >= 15 is 0 Å². The van der Waals surface area contributed by atoms with Crippen LogP contribution < -0.4 is 10.9 Å². The number of aromatic nitrogens is 3. The van der Waals surface area contributed by atoms with E-state index in [0.717, 1.165) is 17.3 Å². The lowest BCUT2D eigenvalue weighted by atomic mass is 10.2. The lowest BCUT2D eigenvalue weighted by Crippen LogP contribution is -2.41. The summed E-state index contributed by atoms with van der Waals surface area (Å²) in [6.07, 6.45) is 3.22. The van der Waals surface area contributed by atoms with E-state index in [4.69, 9.17) is 13.5 Å². The molecule has 2 heterocycles. The summed E-state index contributed by atoms with van der Waals surface area (Å²) in [7, 11) is -3.69. The summed E-state index contributed by atoms with van der Waals surface area (Å²) < 4.78 is 29.8. The van der Waals surface area contributed by atoms with Gasteiger partial charge in [-0.05, 0) is 43.7 Å². The number of rotatable bonds is 12. The van der Waals surface area contributed by atoms with Crippen molar-refractivity contribution in [2.45, 2.75) is 24.9 Å². The number of aromatic hydroxyl groups is 1. The van der Waals surface area contributed by atoms with Gasteiger partial charge in [0, 0.05) is 18.0 Å². The van der Waals surface area contributed by atoms with Crippen molar-refractivity contribution < 1.29 is 27.9 Å². The van der Waals surface area contributed by atoms with Crippen molar-refractivity contribution in [1.82, 2.24) is 26.0 Å². The summed E-state index contributed by atoms with van der Waals surface area (Å²) >= 11 is 1.05. The predicted molar refractivity (Wildman–Crippen MR) is 121 cm³/mol. The van der Waals surface area contributed by atoms with Gasteiger partial charge in [-0.2, -0.15) is 0 Å². The molecule has 0 aliphatic carbocycles. The maximum absolute atomic E-state index is 13.4. The van der Waals surface area contributed by atoms with E-state index in [-0.39, 0.29) is 29.9 Å². The fourth-order valence-corrected chi connectivity index (χ4v) is 5.15. The fraction of sp³-hybridized carbons (Fsp3) is 0.300. The van der Waals surface area contributed by atoms with Gasteiger partial charge >= 0.3 is 7.60 Å². The van der Waals surface area contributed by atoms with Crippen LogP contribution in [0.5, 0.6) is 5.75 Å². The van der Waals surface area contributed by atoms with E-state index < -0.39 is 19.3 Å². The molecular weight excluding hydrogens is 469 g/mol. The molecule has 2 aromatic heterocycles. The second-order valence-electron chi connectivity index (χ2n) is 6.46. The van der Waals surface area contributed by atoms with Gasteiger partial charge in [-0.1, -0.05) is 23.9 Å². The largest absolute Gasteiger partial charge is 0.508 e. The zero-order chi connectivity index (χ0) is 23.7. The van der Waals surface area contributed by atoms with Crippen LogP contribution in [0, 0.1) is 0 Å². The number of phenols is 1. The molecule has 0 aliphatic heterocycles. The van der Waals surface area contributed by atoms with Crippen molar-refractivity contribution in [1.29, 1.82) is 0 Å².